The zero-order chi connectivity index (χ0) is 22.7. The minimum Gasteiger partial charge on any atom is -0.497 e. The van der Waals surface area contributed by atoms with E-state index in [2.05, 4.69) is 52.8 Å². The number of allylic oxidation sites excluding steroid dienone is 7. The largest absolute Gasteiger partial charge is 0.497 e. The molecule has 2 unspecified atom stereocenters. The van der Waals surface area contributed by atoms with Gasteiger partial charge in [0.25, 0.3) is 0 Å². The molecule has 30 heavy (non-hydrogen) atoms. The van der Waals surface area contributed by atoms with Gasteiger partial charge < -0.3 is 18.9 Å². The Hall–Kier alpha value is -1.52. The molecule has 2 atom stereocenters. The molecule has 0 radical (unpaired) electrons. The Morgan fingerprint density at radius 1 is 0.867 bits per heavy atom. The summed E-state index contributed by atoms with van der Waals surface area (Å²) in [5, 5.41) is 0. The van der Waals surface area contributed by atoms with Crippen LogP contribution < -0.4 is 0 Å². The van der Waals surface area contributed by atoms with Crippen molar-refractivity contribution in [2.24, 2.45) is 11.8 Å². The van der Waals surface area contributed by atoms with E-state index in [1.807, 2.05) is 0 Å². The Morgan fingerprint density at radius 3 is 1.93 bits per heavy atom. The average Bonchev–Trinajstić information content (AvgIpc) is 2.72. The molecule has 0 saturated heterocycles. The summed E-state index contributed by atoms with van der Waals surface area (Å²) in [4.78, 5) is 0. The minimum absolute atomic E-state index is 0.141. The fourth-order valence-corrected chi connectivity index (χ4v) is 4.27. The first kappa shape index (κ1) is 26.5. The molecule has 0 fully saturated rings. The van der Waals surface area contributed by atoms with Gasteiger partial charge in [-0.15, -0.1) is 0 Å². The third-order valence-corrected chi connectivity index (χ3v) is 6.27. The van der Waals surface area contributed by atoms with Gasteiger partial charge in [-0.05, 0) is 65.7 Å². The molecule has 0 aromatic carbocycles. The van der Waals surface area contributed by atoms with Gasteiger partial charge in [0.05, 0.1) is 14.2 Å². The molecule has 4 nitrogen and oxygen atoms in total. The maximum Gasteiger partial charge on any atom is 0.233 e. The van der Waals surface area contributed by atoms with Crippen LogP contribution in [0, 0.1) is 11.8 Å². The summed E-state index contributed by atoms with van der Waals surface area (Å²) >= 11 is 0. The van der Waals surface area contributed by atoms with Crippen LogP contribution in [0.4, 0.5) is 0 Å². The average molecular weight is 421 g/mol. The molecule has 0 aliphatic heterocycles. The van der Waals surface area contributed by atoms with Gasteiger partial charge in [0.15, 0.2) is 5.76 Å². The van der Waals surface area contributed by atoms with E-state index in [-0.39, 0.29) is 5.92 Å². The van der Waals surface area contributed by atoms with Crippen molar-refractivity contribution in [2.75, 3.05) is 28.4 Å². The van der Waals surface area contributed by atoms with Crippen molar-refractivity contribution in [1.82, 2.24) is 0 Å². The Labute approximate surface area is 185 Å². The van der Waals surface area contributed by atoms with Gasteiger partial charge in [0, 0.05) is 26.6 Å². The van der Waals surface area contributed by atoms with Crippen molar-refractivity contribution in [3.05, 3.63) is 46.5 Å². The number of rotatable bonds is 12. The SMILES string of the molecule is COC1=C(OC)C(OC)(OC)C(C)C(C/C=C(\C)CC/C=C(\C)CCC=C(C)C)C1. The molecule has 0 N–H and O–H groups in total. The van der Waals surface area contributed by atoms with Gasteiger partial charge in [-0.2, -0.15) is 0 Å². The molecule has 0 heterocycles. The van der Waals surface area contributed by atoms with Crippen LogP contribution >= 0.6 is 0 Å². The number of hydrogen-bond acceptors (Lipinski definition) is 4. The molecule has 4 heteroatoms. The molecule has 1 rings (SSSR count). The summed E-state index contributed by atoms with van der Waals surface area (Å²) in [6.07, 6.45) is 13.3. The monoisotopic (exact) mass is 420 g/mol. The van der Waals surface area contributed by atoms with Gasteiger partial charge >= 0.3 is 0 Å². The maximum atomic E-state index is 5.83. The lowest BCUT2D eigenvalue weighted by molar-refractivity contribution is -0.247. The third kappa shape index (κ3) is 7.02. The van der Waals surface area contributed by atoms with Crippen LogP contribution in [-0.4, -0.2) is 34.2 Å². The van der Waals surface area contributed by atoms with E-state index in [9.17, 15) is 0 Å². The highest BCUT2D eigenvalue weighted by atomic mass is 16.7. The summed E-state index contributed by atoms with van der Waals surface area (Å²) in [5.41, 5.74) is 4.30. The van der Waals surface area contributed by atoms with Crippen molar-refractivity contribution >= 4 is 0 Å². The van der Waals surface area contributed by atoms with Gasteiger partial charge in [0.1, 0.15) is 5.76 Å². The van der Waals surface area contributed by atoms with Gasteiger partial charge in [-0.3, -0.25) is 0 Å². The molecule has 0 amide bonds. The second-order valence-corrected chi connectivity index (χ2v) is 8.68. The van der Waals surface area contributed by atoms with Crippen molar-refractivity contribution in [1.29, 1.82) is 0 Å². The predicted molar refractivity (Wildman–Crippen MR) is 125 cm³/mol. The summed E-state index contributed by atoms with van der Waals surface area (Å²) in [6, 6.07) is 0. The van der Waals surface area contributed by atoms with Crippen LogP contribution in [0.15, 0.2) is 46.5 Å². The summed E-state index contributed by atoms with van der Waals surface area (Å²) in [6.45, 7) is 11.0. The highest BCUT2D eigenvalue weighted by molar-refractivity contribution is 5.20. The van der Waals surface area contributed by atoms with Crippen molar-refractivity contribution in [2.45, 2.75) is 78.9 Å². The molecular formula is C26H44O4. The number of hydrogen-bond donors (Lipinski definition) is 0. The first-order chi connectivity index (χ1) is 14.2. The summed E-state index contributed by atoms with van der Waals surface area (Å²) in [5.74, 6) is 1.05. The Morgan fingerprint density at radius 2 is 1.43 bits per heavy atom. The van der Waals surface area contributed by atoms with Crippen molar-refractivity contribution in [3.8, 4) is 0 Å². The topological polar surface area (TPSA) is 36.9 Å². The van der Waals surface area contributed by atoms with E-state index in [1.165, 1.54) is 16.7 Å². The predicted octanol–water partition coefficient (Wildman–Crippen LogP) is 6.95. The van der Waals surface area contributed by atoms with Gasteiger partial charge in [-0.1, -0.05) is 41.9 Å². The summed E-state index contributed by atoms with van der Waals surface area (Å²) in [7, 11) is 6.67. The molecular weight excluding hydrogens is 376 g/mol. The molecule has 1 aliphatic carbocycles. The van der Waals surface area contributed by atoms with E-state index in [1.54, 1.807) is 28.4 Å². The van der Waals surface area contributed by atoms with Crippen LogP contribution in [-0.2, 0) is 18.9 Å². The zero-order valence-electron chi connectivity index (χ0n) is 20.8. The van der Waals surface area contributed by atoms with Gasteiger partial charge in [0.2, 0.25) is 5.79 Å². The van der Waals surface area contributed by atoms with Crippen LogP contribution in [0.3, 0.4) is 0 Å². The lowest BCUT2D eigenvalue weighted by Crippen LogP contribution is -2.49. The molecule has 0 bridgehead atoms. The Balaban J connectivity index is 2.74. The first-order valence-corrected chi connectivity index (χ1v) is 11.1. The number of ether oxygens (including phenoxy) is 4. The molecule has 172 valence electrons. The summed E-state index contributed by atoms with van der Waals surface area (Å²) < 4.78 is 22.9. The lowest BCUT2D eigenvalue weighted by atomic mass is 9.75. The van der Waals surface area contributed by atoms with Crippen LogP contribution in [0.5, 0.6) is 0 Å². The van der Waals surface area contributed by atoms with Gasteiger partial charge in [-0.25, -0.2) is 0 Å². The van der Waals surface area contributed by atoms with E-state index in [0.717, 1.165) is 44.3 Å². The van der Waals surface area contributed by atoms with Crippen LogP contribution in [0.1, 0.15) is 73.1 Å². The quantitative estimate of drug-likeness (QED) is 0.253. The smallest absolute Gasteiger partial charge is 0.233 e. The Kier molecular flexibility index (Phi) is 11.5. The van der Waals surface area contributed by atoms with E-state index in [4.69, 9.17) is 18.9 Å². The lowest BCUT2D eigenvalue weighted by Gasteiger charge is -2.44. The normalized spacial score (nSPS) is 22.2. The number of methoxy groups -OCH3 is 4. The third-order valence-electron chi connectivity index (χ3n) is 6.27. The van der Waals surface area contributed by atoms with Crippen molar-refractivity contribution < 1.29 is 18.9 Å². The molecule has 0 saturated carbocycles. The molecule has 0 aromatic rings. The fourth-order valence-electron chi connectivity index (χ4n) is 4.27. The molecule has 0 spiro atoms. The molecule has 0 aromatic heterocycles. The van der Waals surface area contributed by atoms with E-state index < -0.39 is 5.79 Å². The van der Waals surface area contributed by atoms with E-state index >= 15 is 0 Å². The Bertz CT molecular complexity index is 646. The zero-order valence-corrected chi connectivity index (χ0v) is 20.8. The molecule has 1 aliphatic rings. The minimum atomic E-state index is -0.907. The van der Waals surface area contributed by atoms with Crippen LogP contribution in [0.25, 0.3) is 0 Å². The maximum absolute atomic E-state index is 5.83. The second kappa shape index (κ2) is 13.0. The second-order valence-electron chi connectivity index (χ2n) is 8.68. The van der Waals surface area contributed by atoms with Crippen molar-refractivity contribution in [3.63, 3.8) is 0 Å². The standard InChI is InChI=1S/C26H44O4/c1-19(2)12-10-13-20(3)14-11-15-21(4)16-17-23-18-24(27-6)25(28-7)26(29-8,30-9)22(23)5/h12,14,16,22-23H,10-11,13,15,17-18H2,1-9H3/b20-14+,21-16+. The first-order valence-electron chi connectivity index (χ1n) is 11.1. The van der Waals surface area contributed by atoms with E-state index in [0.29, 0.717) is 11.7 Å². The highest BCUT2D eigenvalue weighted by Crippen LogP contribution is 2.46. The fraction of sp³-hybridized carbons (Fsp3) is 0.692. The highest BCUT2D eigenvalue weighted by Gasteiger charge is 2.51. The van der Waals surface area contributed by atoms with Crippen LogP contribution in [0.2, 0.25) is 0 Å².